The number of hydrogen-bond donors (Lipinski definition) is 0. The molecule has 6 nitrogen and oxygen atoms in total. The highest BCUT2D eigenvalue weighted by atomic mass is 16.5. The van der Waals surface area contributed by atoms with E-state index >= 15 is 0 Å². The number of rotatable bonds is 5. The third-order valence-corrected chi connectivity index (χ3v) is 5.48. The highest BCUT2D eigenvalue weighted by Crippen LogP contribution is 2.16. The quantitative estimate of drug-likeness (QED) is 0.613. The van der Waals surface area contributed by atoms with Crippen LogP contribution in [0, 0.1) is 0 Å². The third-order valence-electron chi connectivity index (χ3n) is 5.48. The molecule has 0 aliphatic carbocycles. The summed E-state index contributed by atoms with van der Waals surface area (Å²) in [4.78, 5) is 33.2. The Morgan fingerprint density at radius 1 is 0.967 bits per heavy atom. The van der Waals surface area contributed by atoms with Crippen LogP contribution in [-0.2, 0) is 22.5 Å². The zero-order chi connectivity index (χ0) is 20.9. The first-order valence-corrected chi connectivity index (χ1v) is 10.1. The predicted octanol–water partition coefficient (Wildman–Crippen LogP) is 2.91. The lowest BCUT2D eigenvalue weighted by molar-refractivity contribution is -0.132. The molecule has 2 heterocycles. The summed E-state index contributed by atoms with van der Waals surface area (Å²) in [5.41, 5.74) is 3.49. The van der Waals surface area contributed by atoms with Crippen molar-refractivity contribution in [3.8, 4) is 0 Å². The average Bonchev–Trinajstić information content (AvgIpc) is 2.79. The Bertz CT molecular complexity index is 1060. The van der Waals surface area contributed by atoms with E-state index in [1.807, 2.05) is 35.4 Å². The molecule has 3 aromatic rings. The third kappa shape index (κ3) is 4.66. The summed E-state index contributed by atoms with van der Waals surface area (Å²) in [5.74, 6) is -0.301. The van der Waals surface area contributed by atoms with E-state index in [4.69, 9.17) is 4.74 Å². The molecule has 0 bridgehead atoms. The molecule has 1 fully saturated rings. The van der Waals surface area contributed by atoms with Crippen LogP contribution in [0.5, 0.6) is 0 Å². The van der Waals surface area contributed by atoms with Crippen LogP contribution in [0.15, 0.2) is 60.8 Å². The highest BCUT2D eigenvalue weighted by molar-refractivity contribution is 5.90. The van der Waals surface area contributed by atoms with Gasteiger partial charge in [0.2, 0.25) is 5.91 Å². The van der Waals surface area contributed by atoms with E-state index in [0.29, 0.717) is 25.1 Å². The Morgan fingerprint density at radius 3 is 2.57 bits per heavy atom. The number of carbonyl (C=O) groups is 2. The number of aromatic nitrogens is 1. The van der Waals surface area contributed by atoms with Crippen LogP contribution < -0.4 is 0 Å². The molecule has 0 N–H and O–H groups in total. The Labute approximate surface area is 176 Å². The number of esters is 1. The molecule has 1 amide bonds. The minimum Gasteiger partial charge on any atom is -0.465 e. The molecule has 4 rings (SSSR count). The van der Waals surface area contributed by atoms with Gasteiger partial charge in [0.05, 0.1) is 24.6 Å². The van der Waals surface area contributed by atoms with Crippen LogP contribution in [0.2, 0.25) is 0 Å². The SMILES string of the molecule is COC(=O)c1cccc(CC(=O)N2CCN(Cc3cnc4ccccc4c3)CC2)c1. The summed E-state index contributed by atoms with van der Waals surface area (Å²) in [6.45, 7) is 3.91. The Morgan fingerprint density at radius 2 is 1.77 bits per heavy atom. The molecule has 0 saturated carbocycles. The Kier molecular flexibility index (Phi) is 6.05. The van der Waals surface area contributed by atoms with Crippen molar-refractivity contribution in [3.63, 3.8) is 0 Å². The van der Waals surface area contributed by atoms with Crippen molar-refractivity contribution in [3.05, 3.63) is 77.5 Å². The van der Waals surface area contributed by atoms with E-state index in [9.17, 15) is 9.59 Å². The van der Waals surface area contributed by atoms with Crippen LogP contribution >= 0.6 is 0 Å². The lowest BCUT2D eigenvalue weighted by Gasteiger charge is -2.34. The first-order valence-electron chi connectivity index (χ1n) is 10.1. The number of fused-ring (bicyclic) bond motifs is 1. The van der Waals surface area contributed by atoms with Gasteiger partial charge >= 0.3 is 5.97 Å². The predicted molar refractivity (Wildman–Crippen MR) is 115 cm³/mol. The molecule has 0 radical (unpaired) electrons. The fourth-order valence-electron chi connectivity index (χ4n) is 3.83. The van der Waals surface area contributed by atoms with E-state index in [1.54, 1.807) is 18.2 Å². The van der Waals surface area contributed by atoms with Crippen LogP contribution in [-0.4, -0.2) is 59.9 Å². The maximum absolute atomic E-state index is 12.7. The lowest BCUT2D eigenvalue weighted by atomic mass is 10.1. The zero-order valence-corrected chi connectivity index (χ0v) is 17.1. The monoisotopic (exact) mass is 403 g/mol. The van der Waals surface area contributed by atoms with E-state index in [0.717, 1.165) is 36.1 Å². The summed E-state index contributed by atoms with van der Waals surface area (Å²) < 4.78 is 4.75. The molecule has 0 atom stereocenters. The van der Waals surface area contributed by atoms with E-state index in [1.165, 1.54) is 12.7 Å². The summed E-state index contributed by atoms with van der Waals surface area (Å²) in [7, 11) is 1.35. The summed E-state index contributed by atoms with van der Waals surface area (Å²) >= 11 is 0. The topological polar surface area (TPSA) is 62.7 Å². The fourth-order valence-corrected chi connectivity index (χ4v) is 3.83. The minimum atomic E-state index is -0.388. The number of nitrogens with zero attached hydrogens (tertiary/aromatic N) is 3. The standard InChI is InChI=1S/C24H25N3O3/c1-30-24(29)21-7-4-5-18(13-21)15-23(28)27-11-9-26(10-12-27)17-19-14-20-6-2-3-8-22(20)25-16-19/h2-8,13-14,16H,9-12,15,17H2,1H3. The first kappa shape index (κ1) is 20.0. The average molecular weight is 403 g/mol. The largest absolute Gasteiger partial charge is 0.465 e. The van der Waals surface area contributed by atoms with Gasteiger partial charge in [-0.1, -0.05) is 30.3 Å². The van der Waals surface area contributed by atoms with Crippen LogP contribution in [0.3, 0.4) is 0 Å². The number of methoxy groups -OCH3 is 1. The number of carbonyl (C=O) groups excluding carboxylic acids is 2. The molecular weight excluding hydrogens is 378 g/mol. The smallest absolute Gasteiger partial charge is 0.337 e. The van der Waals surface area contributed by atoms with Crippen molar-refractivity contribution in [1.82, 2.24) is 14.8 Å². The molecule has 154 valence electrons. The molecule has 1 aromatic heterocycles. The van der Waals surface area contributed by atoms with E-state index < -0.39 is 0 Å². The van der Waals surface area contributed by atoms with Crippen LogP contribution in [0.25, 0.3) is 10.9 Å². The second-order valence-corrected chi connectivity index (χ2v) is 7.56. The molecule has 30 heavy (non-hydrogen) atoms. The summed E-state index contributed by atoms with van der Waals surface area (Å²) in [6.07, 6.45) is 2.23. The van der Waals surface area contributed by atoms with Crippen molar-refractivity contribution in [2.75, 3.05) is 33.3 Å². The van der Waals surface area contributed by atoms with Gasteiger partial charge in [0.15, 0.2) is 0 Å². The van der Waals surface area contributed by atoms with Crippen molar-refractivity contribution in [1.29, 1.82) is 0 Å². The van der Waals surface area contributed by atoms with Gasteiger partial charge in [-0.2, -0.15) is 0 Å². The fraction of sp³-hybridized carbons (Fsp3) is 0.292. The number of benzene rings is 2. The van der Waals surface area contributed by atoms with Gasteiger partial charge in [-0.25, -0.2) is 4.79 Å². The van der Waals surface area contributed by atoms with Crippen molar-refractivity contribution < 1.29 is 14.3 Å². The molecule has 6 heteroatoms. The lowest BCUT2D eigenvalue weighted by Crippen LogP contribution is -2.48. The Hall–Kier alpha value is -3.25. The number of piperazine rings is 1. The molecule has 0 unspecified atom stereocenters. The number of amides is 1. The van der Waals surface area contributed by atoms with Gasteiger partial charge in [0.1, 0.15) is 0 Å². The highest BCUT2D eigenvalue weighted by Gasteiger charge is 2.21. The normalized spacial score (nSPS) is 14.6. The first-order chi connectivity index (χ1) is 14.6. The van der Waals surface area contributed by atoms with E-state index in [2.05, 4.69) is 22.0 Å². The zero-order valence-electron chi connectivity index (χ0n) is 17.1. The minimum absolute atomic E-state index is 0.0871. The summed E-state index contributed by atoms with van der Waals surface area (Å²) in [5, 5.41) is 1.15. The maximum atomic E-state index is 12.7. The number of hydrogen-bond acceptors (Lipinski definition) is 5. The van der Waals surface area contributed by atoms with Crippen LogP contribution in [0.4, 0.5) is 0 Å². The van der Waals surface area contributed by atoms with Crippen molar-refractivity contribution >= 4 is 22.8 Å². The Balaban J connectivity index is 1.31. The molecule has 1 aliphatic heterocycles. The molecule has 2 aromatic carbocycles. The summed E-state index contributed by atoms with van der Waals surface area (Å²) in [6, 6.07) is 17.4. The van der Waals surface area contributed by atoms with Gasteiger partial charge in [0.25, 0.3) is 0 Å². The molecule has 0 spiro atoms. The second kappa shape index (κ2) is 9.05. The van der Waals surface area contributed by atoms with Crippen molar-refractivity contribution in [2.45, 2.75) is 13.0 Å². The second-order valence-electron chi connectivity index (χ2n) is 7.56. The van der Waals surface area contributed by atoms with Gasteiger partial charge < -0.3 is 9.64 Å². The maximum Gasteiger partial charge on any atom is 0.337 e. The number of para-hydroxylation sites is 1. The van der Waals surface area contributed by atoms with Gasteiger partial charge in [-0.3, -0.25) is 14.7 Å². The van der Waals surface area contributed by atoms with Crippen molar-refractivity contribution in [2.24, 2.45) is 0 Å². The van der Waals surface area contributed by atoms with Gasteiger partial charge in [0, 0.05) is 44.3 Å². The van der Waals surface area contributed by atoms with Crippen LogP contribution in [0.1, 0.15) is 21.5 Å². The number of pyridine rings is 1. The molecule has 1 aliphatic rings. The van der Waals surface area contributed by atoms with E-state index in [-0.39, 0.29) is 11.9 Å². The van der Waals surface area contributed by atoms with Gasteiger partial charge in [-0.15, -0.1) is 0 Å². The number of ether oxygens (including phenoxy) is 1. The van der Waals surface area contributed by atoms with Gasteiger partial charge in [-0.05, 0) is 35.4 Å². The molecular formula is C24H25N3O3. The molecule has 1 saturated heterocycles.